The first-order valence-corrected chi connectivity index (χ1v) is 10.7. The second kappa shape index (κ2) is 9.58. The van der Waals surface area contributed by atoms with Crippen LogP contribution in [-0.2, 0) is 22.5 Å². The van der Waals surface area contributed by atoms with Gasteiger partial charge in [-0.1, -0.05) is 48.5 Å². The summed E-state index contributed by atoms with van der Waals surface area (Å²) >= 11 is 0. The van der Waals surface area contributed by atoms with E-state index in [1.54, 1.807) is 12.1 Å². The van der Waals surface area contributed by atoms with Gasteiger partial charge in [-0.3, -0.25) is 0 Å². The van der Waals surface area contributed by atoms with Crippen molar-refractivity contribution in [2.75, 3.05) is 32.8 Å². The Labute approximate surface area is 177 Å². The van der Waals surface area contributed by atoms with Gasteiger partial charge in [-0.2, -0.15) is 0 Å². The van der Waals surface area contributed by atoms with Gasteiger partial charge in [0.1, 0.15) is 11.4 Å². The third kappa shape index (κ3) is 5.18. The van der Waals surface area contributed by atoms with E-state index < -0.39 is 0 Å². The molecule has 6 heteroatoms. The Kier molecular flexibility index (Phi) is 6.65. The minimum Gasteiger partial charge on any atom is -0.377 e. The van der Waals surface area contributed by atoms with E-state index in [1.165, 1.54) is 11.6 Å². The van der Waals surface area contributed by atoms with Gasteiger partial charge in [0, 0.05) is 18.7 Å². The zero-order valence-electron chi connectivity index (χ0n) is 17.2. The van der Waals surface area contributed by atoms with Crippen molar-refractivity contribution in [1.29, 1.82) is 0 Å². The van der Waals surface area contributed by atoms with Gasteiger partial charge in [-0.15, -0.1) is 0 Å². The van der Waals surface area contributed by atoms with E-state index in [0.29, 0.717) is 50.9 Å². The summed E-state index contributed by atoms with van der Waals surface area (Å²) in [6.07, 6.45) is 2.67. The molecule has 2 aromatic rings. The van der Waals surface area contributed by atoms with Gasteiger partial charge in [0.15, 0.2) is 0 Å². The fourth-order valence-electron chi connectivity index (χ4n) is 4.26. The van der Waals surface area contributed by atoms with E-state index in [4.69, 9.17) is 9.47 Å². The van der Waals surface area contributed by atoms with Crippen LogP contribution >= 0.6 is 0 Å². The third-order valence-corrected chi connectivity index (χ3v) is 5.95. The SMILES string of the molecule is O=C(NCCc1ccccc1)N1CC2(CC(CCOCc3ccccc3F)CO2)C1. The number of benzene rings is 2. The van der Waals surface area contributed by atoms with Crippen LogP contribution in [0.3, 0.4) is 0 Å². The van der Waals surface area contributed by atoms with Crippen molar-refractivity contribution in [3.63, 3.8) is 0 Å². The molecule has 2 aromatic carbocycles. The number of likely N-dealkylation sites (tertiary alicyclic amines) is 1. The Morgan fingerprint density at radius 1 is 1.17 bits per heavy atom. The molecule has 0 aromatic heterocycles. The van der Waals surface area contributed by atoms with Gasteiger partial charge in [-0.25, -0.2) is 9.18 Å². The first kappa shape index (κ1) is 20.8. The van der Waals surface area contributed by atoms with Crippen LogP contribution in [-0.4, -0.2) is 49.4 Å². The maximum Gasteiger partial charge on any atom is 0.317 e. The maximum absolute atomic E-state index is 13.6. The number of urea groups is 1. The fraction of sp³-hybridized carbons (Fsp3) is 0.458. The molecule has 160 valence electrons. The van der Waals surface area contributed by atoms with Gasteiger partial charge in [0.2, 0.25) is 0 Å². The highest BCUT2D eigenvalue weighted by atomic mass is 19.1. The molecule has 2 fully saturated rings. The van der Waals surface area contributed by atoms with Crippen molar-refractivity contribution in [3.8, 4) is 0 Å². The number of halogens is 1. The van der Waals surface area contributed by atoms with Crippen LogP contribution in [0.25, 0.3) is 0 Å². The molecular weight excluding hydrogens is 383 g/mol. The highest BCUT2D eigenvalue weighted by molar-refractivity contribution is 5.75. The Morgan fingerprint density at radius 2 is 1.93 bits per heavy atom. The fourth-order valence-corrected chi connectivity index (χ4v) is 4.26. The van der Waals surface area contributed by atoms with E-state index in [2.05, 4.69) is 17.4 Å². The van der Waals surface area contributed by atoms with Gasteiger partial charge < -0.3 is 19.7 Å². The van der Waals surface area contributed by atoms with E-state index in [1.807, 2.05) is 29.2 Å². The van der Waals surface area contributed by atoms with Gasteiger partial charge in [0.05, 0.1) is 26.3 Å². The Balaban J connectivity index is 1.11. The molecule has 2 aliphatic rings. The largest absolute Gasteiger partial charge is 0.377 e. The minimum atomic E-state index is -0.225. The monoisotopic (exact) mass is 412 g/mol. The first-order valence-electron chi connectivity index (χ1n) is 10.7. The van der Waals surface area contributed by atoms with Crippen molar-refractivity contribution < 1.29 is 18.7 Å². The van der Waals surface area contributed by atoms with Crippen molar-refractivity contribution in [1.82, 2.24) is 10.2 Å². The molecular formula is C24H29FN2O3. The van der Waals surface area contributed by atoms with Crippen LogP contribution in [0.1, 0.15) is 24.0 Å². The molecule has 1 N–H and O–H groups in total. The zero-order chi connectivity index (χ0) is 20.8. The average Bonchev–Trinajstić information content (AvgIpc) is 3.17. The molecule has 1 unspecified atom stereocenters. The molecule has 2 heterocycles. The molecule has 30 heavy (non-hydrogen) atoms. The lowest BCUT2D eigenvalue weighted by molar-refractivity contribution is -0.0913. The summed E-state index contributed by atoms with van der Waals surface area (Å²) in [7, 11) is 0. The van der Waals surface area contributed by atoms with Crippen LogP contribution in [0.2, 0.25) is 0 Å². The molecule has 0 saturated carbocycles. The summed E-state index contributed by atoms with van der Waals surface area (Å²) in [6, 6.07) is 16.8. The quantitative estimate of drug-likeness (QED) is 0.672. The van der Waals surface area contributed by atoms with Gasteiger partial charge in [0.25, 0.3) is 0 Å². The standard InChI is InChI=1S/C24H29FN2O3/c25-22-9-5-4-8-21(22)16-29-13-11-20-14-24(30-15-20)17-27(18-24)23(28)26-12-10-19-6-2-1-3-7-19/h1-9,20H,10-18H2,(H,26,28). The number of hydrogen-bond donors (Lipinski definition) is 1. The van der Waals surface area contributed by atoms with Crippen LogP contribution in [0.4, 0.5) is 9.18 Å². The topological polar surface area (TPSA) is 50.8 Å². The van der Waals surface area contributed by atoms with Gasteiger partial charge in [-0.05, 0) is 36.8 Å². The predicted octanol–water partition coefficient (Wildman–Crippen LogP) is 3.78. The van der Waals surface area contributed by atoms with E-state index in [0.717, 1.165) is 19.3 Å². The second-order valence-electron chi connectivity index (χ2n) is 8.32. The Morgan fingerprint density at radius 3 is 2.73 bits per heavy atom. The summed E-state index contributed by atoms with van der Waals surface area (Å²) in [6.45, 7) is 3.51. The summed E-state index contributed by atoms with van der Waals surface area (Å²) in [5.41, 5.74) is 1.62. The van der Waals surface area contributed by atoms with Crippen molar-refractivity contribution in [2.45, 2.75) is 31.5 Å². The lowest BCUT2D eigenvalue weighted by atomic mass is 9.86. The molecule has 0 aliphatic carbocycles. The smallest absolute Gasteiger partial charge is 0.317 e. The summed E-state index contributed by atoms with van der Waals surface area (Å²) in [4.78, 5) is 14.1. The molecule has 5 nitrogen and oxygen atoms in total. The average molecular weight is 413 g/mol. The molecule has 0 bridgehead atoms. The summed E-state index contributed by atoms with van der Waals surface area (Å²) in [5, 5.41) is 2.99. The van der Waals surface area contributed by atoms with Crippen LogP contribution in [0.15, 0.2) is 54.6 Å². The molecule has 2 amide bonds. The normalized spacial score (nSPS) is 19.6. The number of carbonyl (C=O) groups is 1. The zero-order valence-corrected chi connectivity index (χ0v) is 17.2. The van der Waals surface area contributed by atoms with Crippen LogP contribution in [0, 0.1) is 11.7 Å². The van der Waals surface area contributed by atoms with E-state index in [9.17, 15) is 9.18 Å². The maximum atomic E-state index is 13.6. The Hall–Kier alpha value is -2.44. The third-order valence-electron chi connectivity index (χ3n) is 5.95. The number of nitrogens with zero attached hydrogens (tertiary/aromatic N) is 1. The van der Waals surface area contributed by atoms with Gasteiger partial charge >= 0.3 is 6.03 Å². The van der Waals surface area contributed by atoms with E-state index in [-0.39, 0.29) is 17.4 Å². The van der Waals surface area contributed by atoms with Crippen molar-refractivity contribution in [3.05, 3.63) is 71.5 Å². The predicted molar refractivity (Wildman–Crippen MR) is 113 cm³/mol. The van der Waals surface area contributed by atoms with Crippen LogP contribution in [0.5, 0.6) is 0 Å². The Bertz CT molecular complexity index is 839. The number of carbonyl (C=O) groups excluding carboxylic acids is 1. The number of amides is 2. The van der Waals surface area contributed by atoms with Crippen molar-refractivity contribution >= 4 is 6.03 Å². The van der Waals surface area contributed by atoms with Crippen LogP contribution < -0.4 is 5.32 Å². The number of nitrogens with one attached hydrogen (secondary N) is 1. The highest BCUT2D eigenvalue weighted by Gasteiger charge is 2.51. The molecule has 2 aliphatic heterocycles. The molecule has 2 saturated heterocycles. The lowest BCUT2D eigenvalue weighted by Gasteiger charge is -2.47. The highest BCUT2D eigenvalue weighted by Crippen LogP contribution is 2.39. The minimum absolute atomic E-state index is 0.0168. The second-order valence-corrected chi connectivity index (χ2v) is 8.32. The molecule has 4 rings (SSSR count). The van der Waals surface area contributed by atoms with Crippen molar-refractivity contribution in [2.24, 2.45) is 5.92 Å². The summed E-state index contributed by atoms with van der Waals surface area (Å²) < 4.78 is 25.3. The summed E-state index contributed by atoms with van der Waals surface area (Å²) in [5.74, 6) is 0.200. The molecule has 0 radical (unpaired) electrons. The number of ether oxygens (including phenoxy) is 2. The molecule has 1 spiro atoms. The van der Waals surface area contributed by atoms with E-state index >= 15 is 0 Å². The first-order chi connectivity index (χ1) is 14.6. The lowest BCUT2D eigenvalue weighted by Crippen LogP contribution is -2.65. The number of hydrogen-bond acceptors (Lipinski definition) is 3. The number of rotatable bonds is 8. The molecule has 1 atom stereocenters.